The summed E-state index contributed by atoms with van der Waals surface area (Å²) in [4.78, 5) is 2.16. The molecule has 0 fully saturated rings. The van der Waals surface area contributed by atoms with Crippen LogP contribution >= 0.6 is 0 Å². The summed E-state index contributed by atoms with van der Waals surface area (Å²) in [7, 11) is -3.70. The zero-order valence-corrected chi connectivity index (χ0v) is 18.7. The Hall–Kier alpha value is -2.55. The molecule has 0 aliphatic heterocycles. The van der Waals surface area contributed by atoms with Crippen molar-refractivity contribution in [3.8, 4) is 0 Å². The first-order chi connectivity index (χ1) is 15.3. The monoisotopic (exact) mass is 454 g/mol. The lowest BCUT2D eigenvalue weighted by Gasteiger charge is -2.27. The largest absolute Gasteiger partial charge is 0.387 e. The van der Waals surface area contributed by atoms with E-state index in [-0.39, 0.29) is 4.90 Å². The number of nitrogens with two attached hydrogens (primary N) is 1. The van der Waals surface area contributed by atoms with Gasteiger partial charge in [-0.15, -0.1) is 0 Å². The Balaban J connectivity index is 1.63. The van der Waals surface area contributed by atoms with E-state index >= 15 is 0 Å². The minimum atomic E-state index is -3.70. The quantitative estimate of drug-likeness (QED) is 0.413. The van der Waals surface area contributed by atoms with Crippen molar-refractivity contribution in [3.05, 3.63) is 102 Å². The van der Waals surface area contributed by atoms with Crippen LogP contribution in [0.5, 0.6) is 0 Å². The van der Waals surface area contributed by atoms with E-state index in [0.717, 1.165) is 29.5 Å². The van der Waals surface area contributed by atoms with Crippen molar-refractivity contribution in [3.63, 3.8) is 0 Å². The number of primary sulfonamides is 1. The van der Waals surface area contributed by atoms with Crippen LogP contribution in [0.4, 0.5) is 0 Å². The second kappa shape index (κ2) is 11.4. The number of hydrogen-bond acceptors (Lipinski definition) is 5. The molecule has 0 aliphatic rings. The lowest BCUT2D eigenvalue weighted by Crippen LogP contribution is -2.34. The van der Waals surface area contributed by atoms with Crippen LogP contribution in [0.25, 0.3) is 0 Å². The van der Waals surface area contributed by atoms with Gasteiger partial charge in [-0.05, 0) is 48.2 Å². The summed E-state index contributed by atoms with van der Waals surface area (Å²) in [5.41, 5.74) is 2.68. The van der Waals surface area contributed by atoms with E-state index in [1.165, 1.54) is 12.1 Å². The van der Waals surface area contributed by atoms with E-state index in [0.29, 0.717) is 19.6 Å². The van der Waals surface area contributed by atoms with Crippen molar-refractivity contribution in [2.24, 2.45) is 5.14 Å². The minimum Gasteiger partial charge on any atom is -0.387 e. The Morgan fingerprint density at radius 1 is 0.750 bits per heavy atom. The first-order valence-corrected chi connectivity index (χ1v) is 12.2. The molecule has 0 saturated heterocycles. The highest BCUT2D eigenvalue weighted by molar-refractivity contribution is 7.89. The molecule has 3 aromatic rings. The Bertz CT molecular complexity index is 1010. The van der Waals surface area contributed by atoms with Crippen molar-refractivity contribution in [1.29, 1.82) is 0 Å². The standard InChI is InChI=1S/C25H30N2O4S/c26-32(30,31)23-15-13-20(14-16-23)8-7-17-27(18-24(28)21-9-3-1-4-10-21)19-25(29)22-11-5-2-6-12-22/h1-6,9-16,24-25,28-29H,7-8,17-19H2,(H2,26,30,31)/t24-,25-/m0/s1. The fraction of sp³-hybridized carbons (Fsp3) is 0.280. The van der Waals surface area contributed by atoms with E-state index in [2.05, 4.69) is 4.90 Å². The third-order valence-corrected chi connectivity index (χ3v) is 6.35. The Morgan fingerprint density at radius 3 is 1.66 bits per heavy atom. The summed E-state index contributed by atoms with van der Waals surface area (Å²) in [6.07, 6.45) is 0.212. The van der Waals surface area contributed by atoms with Crippen molar-refractivity contribution in [2.75, 3.05) is 19.6 Å². The molecule has 0 bridgehead atoms. The summed E-state index contributed by atoms with van der Waals surface area (Å²) in [5.74, 6) is 0. The summed E-state index contributed by atoms with van der Waals surface area (Å²) in [6.45, 7) is 1.47. The van der Waals surface area contributed by atoms with Gasteiger partial charge in [0.25, 0.3) is 0 Å². The lowest BCUT2D eigenvalue weighted by atomic mass is 10.1. The fourth-order valence-corrected chi connectivity index (χ4v) is 4.18. The molecular formula is C25H30N2O4S. The summed E-state index contributed by atoms with van der Waals surface area (Å²) in [5, 5.41) is 26.6. The van der Waals surface area contributed by atoms with Gasteiger partial charge in [0.2, 0.25) is 10.0 Å². The van der Waals surface area contributed by atoms with Crippen LogP contribution in [0, 0.1) is 0 Å². The molecule has 0 spiro atoms. The highest BCUT2D eigenvalue weighted by Crippen LogP contribution is 2.19. The molecule has 0 heterocycles. The van der Waals surface area contributed by atoms with Gasteiger partial charge < -0.3 is 10.2 Å². The normalized spacial score (nSPS) is 13.8. The summed E-state index contributed by atoms with van der Waals surface area (Å²) >= 11 is 0. The molecule has 0 radical (unpaired) electrons. The molecule has 4 N–H and O–H groups in total. The molecule has 0 unspecified atom stereocenters. The van der Waals surface area contributed by atoms with Gasteiger partial charge >= 0.3 is 0 Å². The highest BCUT2D eigenvalue weighted by atomic mass is 32.2. The molecule has 0 aromatic heterocycles. The molecule has 0 saturated carbocycles. The Labute approximate surface area is 190 Å². The van der Waals surface area contributed by atoms with E-state index in [4.69, 9.17) is 5.14 Å². The number of hydrogen-bond donors (Lipinski definition) is 3. The molecule has 2 atom stereocenters. The first-order valence-electron chi connectivity index (χ1n) is 10.6. The van der Waals surface area contributed by atoms with E-state index < -0.39 is 22.2 Å². The summed E-state index contributed by atoms with van der Waals surface area (Å²) < 4.78 is 22.8. The third kappa shape index (κ3) is 7.25. The van der Waals surface area contributed by atoms with Gasteiger partial charge in [-0.2, -0.15) is 0 Å². The van der Waals surface area contributed by atoms with Crippen LogP contribution < -0.4 is 5.14 Å². The number of aliphatic hydroxyl groups is 2. The van der Waals surface area contributed by atoms with Crippen LogP contribution in [0.15, 0.2) is 89.8 Å². The first kappa shape index (κ1) is 24.1. The van der Waals surface area contributed by atoms with Crippen molar-refractivity contribution >= 4 is 10.0 Å². The van der Waals surface area contributed by atoms with Crippen LogP contribution in [0.3, 0.4) is 0 Å². The van der Waals surface area contributed by atoms with Crippen molar-refractivity contribution in [2.45, 2.75) is 29.9 Å². The van der Waals surface area contributed by atoms with Crippen LogP contribution in [-0.2, 0) is 16.4 Å². The number of rotatable bonds is 11. The highest BCUT2D eigenvalue weighted by Gasteiger charge is 2.18. The van der Waals surface area contributed by atoms with E-state index in [9.17, 15) is 18.6 Å². The summed E-state index contributed by atoms with van der Waals surface area (Å²) in [6, 6.07) is 25.5. The molecular weight excluding hydrogens is 424 g/mol. The number of benzene rings is 3. The maximum Gasteiger partial charge on any atom is 0.238 e. The third-order valence-electron chi connectivity index (χ3n) is 5.42. The average molecular weight is 455 g/mol. The second-order valence-corrected chi connectivity index (χ2v) is 9.47. The van der Waals surface area contributed by atoms with Gasteiger partial charge in [0.1, 0.15) is 0 Å². The second-order valence-electron chi connectivity index (χ2n) is 7.91. The maximum atomic E-state index is 11.4. The van der Waals surface area contributed by atoms with E-state index in [1.54, 1.807) is 12.1 Å². The zero-order valence-electron chi connectivity index (χ0n) is 17.9. The average Bonchev–Trinajstić information content (AvgIpc) is 2.80. The number of aryl methyl sites for hydroxylation is 1. The number of sulfonamides is 1. The minimum absolute atomic E-state index is 0.0971. The molecule has 3 aromatic carbocycles. The SMILES string of the molecule is NS(=O)(=O)c1ccc(CCCN(C[C@H](O)c2ccccc2)C[C@H](O)c2ccccc2)cc1. The smallest absolute Gasteiger partial charge is 0.238 e. The van der Waals surface area contributed by atoms with Crippen LogP contribution in [0.1, 0.15) is 35.3 Å². The van der Waals surface area contributed by atoms with Gasteiger partial charge in [0.05, 0.1) is 17.1 Å². The van der Waals surface area contributed by atoms with Crippen LogP contribution in [0.2, 0.25) is 0 Å². The number of nitrogens with zero attached hydrogens (tertiary/aromatic N) is 1. The maximum absolute atomic E-state index is 11.4. The predicted octanol–water partition coefficient (Wildman–Crippen LogP) is 3.04. The zero-order chi connectivity index (χ0) is 23.0. The van der Waals surface area contributed by atoms with Crippen molar-refractivity contribution < 1.29 is 18.6 Å². The van der Waals surface area contributed by atoms with Gasteiger partial charge in [-0.25, -0.2) is 13.6 Å². The lowest BCUT2D eigenvalue weighted by molar-refractivity contribution is 0.0682. The molecule has 170 valence electrons. The predicted molar refractivity (Wildman–Crippen MR) is 125 cm³/mol. The van der Waals surface area contributed by atoms with Gasteiger partial charge in [0.15, 0.2) is 0 Å². The Kier molecular flexibility index (Phi) is 8.55. The topological polar surface area (TPSA) is 104 Å². The van der Waals surface area contributed by atoms with Gasteiger partial charge in [0, 0.05) is 13.1 Å². The van der Waals surface area contributed by atoms with Crippen LogP contribution in [-0.4, -0.2) is 43.2 Å². The molecule has 7 heteroatoms. The molecule has 32 heavy (non-hydrogen) atoms. The van der Waals surface area contributed by atoms with E-state index in [1.807, 2.05) is 60.7 Å². The Morgan fingerprint density at radius 2 is 1.22 bits per heavy atom. The molecule has 6 nitrogen and oxygen atoms in total. The fourth-order valence-electron chi connectivity index (χ4n) is 3.66. The van der Waals surface area contributed by atoms with Gasteiger partial charge in [-0.3, -0.25) is 4.90 Å². The molecule has 3 rings (SSSR count). The van der Waals surface area contributed by atoms with Gasteiger partial charge in [-0.1, -0.05) is 72.8 Å². The molecule has 0 aliphatic carbocycles. The number of aliphatic hydroxyl groups excluding tert-OH is 2. The molecule has 0 amide bonds. The van der Waals surface area contributed by atoms with Crippen molar-refractivity contribution in [1.82, 2.24) is 4.90 Å².